The van der Waals surface area contributed by atoms with Crippen LogP contribution in [0.25, 0.3) is 0 Å². The van der Waals surface area contributed by atoms with Gasteiger partial charge in [-0.05, 0) is 87.1 Å². The van der Waals surface area contributed by atoms with Crippen molar-refractivity contribution in [2.45, 2.75) is 105 Å². The molecule has 10 nitrogen and oxygen atoms in total. The second-order valence-electron chi connectivity index (χ2n) is 12.4. The van der Waals surface area contributed by atoms with Gasteiger partial charge in [-0.25, -0.2) is 0 Å². The predicted molar refractivity (Wildman–Crippen MR) is 226 cm³/mol. The minimum atomic E-state index is 0. The van der Waals surface area contributed by atoms with Crippen molar-refractivity contribution in [3.63, 3.8) is 0 Å². The van der Waals surface area contributed by atoms with E-state index in [0.29, 0.717) is 47.0 Å². The summed E-state index contributed by atoms with van der Waals surface area (Å²) in [4.78, 5) is 24.0. The number of nitrogens with zero attached hydrogens (tertiary/aromatic N) is 6. The smallest absolute Gasteiger partial charge is 0.223 e. The highest BCUT2D eigenvalue weighted by molar-refractivity contribution is 6.31. The number of unbranched alkanes of at least 4 members (excludes halogenated alkanes) is 7. The van der Waals surface area contributed by atoms with Crippen molar-refractivity contribution in [3.8, 4) is 0 Å². The zero-order valence-corrected chi connectivity index (χ0v) is 33.7. The molecule has 0 saturated carbocycles. The molecule has 0 spiro atoms. The lowest BCUT2D eigenvalue weighted by atomic mass is 10.2. The molecule has 0 unspecified atom stereocenters. The number of nitrogens with two attached hydrogens (primary N) is 2. The lowest BCUT2D eigenvalue weighted by Gasteiger charge is -2.24. The monoisotopic (exact) mass is 764 g/mol. The summed E-state index contributed by atoms with van der Waals surface area (Å²) in [7, 11) is 0. The molecular formula is C38H63Cl3N10. The van der Waals surface area contributed by atoms with E-state index in [1.807, 2.05) is 48.5 Å². The van der Waals surface area contributed by atoms with Crippen molar-refractivity contribution in [2.75, 3.05) is 49.9 Å². The van der Waals surface area contributed by atoms with Gasteiger partial charge in [0, 0.05) is 60.7 Å². The van der Waals surface area contributed by atoms with E-state index in [9.17, 15) is 0 Å². The Morgan fingerprint density at radius 1 is 0.529 bits per heavy atom. The van der Waals surface area contributed by atoms with Gasteiger partial charge in [-0.3, -0.25) is 9.98 Å². The maximum atomic E-state index is 6.36. The molecule has 286 valence electrons. The summed E-state index contributed by atoms with van der Waals surface area (Å²) in [6.45, 7) is 13.8. The molecule has 0 aromatic heterocycles. The summed E-state index contributed by atoms with van der Waals surface area (Å²) in [5, 5.41) is 7.70. The first-order valence-electron chi connectivity index (χ1n) is 18.6. The Bertz CT molecular complexity index is 1200. The van der Waals surface area contributed by atoms with Crippen LogP contribution in [0.3, 0.4) is 0 Å². The van der Waals surface area contributed by atoms with Crippen molar-refractivity contribution >= 4 is 70.8 Å². The fraction of sp³-hybridized carbons (Fsp3) is 0.579. The van der Waals surface area contributed by atoms with Crippen molar-refractivity contribution in [3.05, 3.63) is 58.6 Å². The second kappa shape index (κ2) is 28.4. The highest BCUT2D eigenvalue weighted by Gasteiger charge is 2.13. The third kappa shape index (κ3) is 20.4. The third-order valence-corrected chi connectivity index (χ3v) is 8.44. The molecule has 13 heteroatoms. The average Bonchev–Trinajstić information content (AvgIpc) is 3.10. The summed E-state index contributed by atoms with van der Waals surface area (Å²) in [5.74, 6) is 2.02. The van der Waals surface area contributed by atoms with Crippen molar-refractivity contribution in [2.24, 2.45) is 31.4 Å². The number of nitrogens with one attached hydrogen (secondary N) is 2. The van der Waals surface area contributed by atoms with Crippen molar-refractivity contribution in [1.29, 1.82) is 0 Å². The highest BCUT2D eigenvalue weighted by Crippen LogP contribution is 2.15. The first-order valence-corrected chi connectivity index (χ1v) is 19.4. The van der Waals surface area contributed by atoms with E-state index in [1.54, 1.807) is 0 Å². The fourth-order valence-electron chi connectivity index (χ4n) is 5.00. The van der Waals surface area contributed by atoms with Gasteiger partial charge in [-0.1, -0.05) is 89.4 Å². The van der Waals surface area contributed by atoms with Crippen LogP contribution in [0.1, 0.15) is 105 Å². The Balaban J connectivity index is 0.0000130. The second-order valence-corrected chi connectivity index (χ2v) is 13.3. The normalized spacial score (nSPS) is 12.4. The molecule has 0 atom stereocenters. The van der Waals surface area contributed by atoms with Gasteiger partial charge in [-0.2, -0.15) is 9.98 Å². The Labute approximate surface area is 324 Å². The van der Waals surface area contributed by atoms with Crippen molar-refractivity contribution < 1.29 is 0 Å². The molecule has 0 saturated heterocycles. The molecule has 51 heavy (non-hydrogen) atoms. The molecule has 0 bridgehead atoms. The molecule has 2 aromatic carbocycles. The van der Waals surface area contributed by atoms with Crippen LogP contribution >= 0.6 is 35.6 Å². The van der Waals surface area contributed by atoms with Crippen molar-refractivity contribution in [1.82, 2.24) is 9.80 Å². The van der Waals surface area contributed by atoms with Gasteiger partial charge in [0.25, 0.3) is 0 Å². The first-order chi connectivity index (χ1) is 24.3. The number of guanidine groups is 4. The van der Waals surface area contributed by atoms with Crippen LogP contribution < -0.4 is 22.1 Å². The van der Waals surface area contributed by atoms with Crippen LogP contribution in [0.15, 0.2) is 68.5 Å². The van der Waals surface area contributed by atoms with Gasteiger partial charge < -0.3 is 31.9 Å². The van der Waals surface area contributed by atoms with Crippen LogP contribution in [-0.4, -0.2) is 72.9 Å². The van der Waals surface area contributed by atoms with Gasteiger partial charge in [-0.15, -0.1) is 12.4 Å². The molecule has 2 aromatic rings. The Hall–Kier alpha value is -3.21. The van der Waals surface area contributed by atoms with Gasteiger partial charge in [0.05, 0.1) is 0 Å². The van der Waals surface area contributed by atoms with Crippen LogP contribution in [0.2, 0.25) is 10.0 Å². The maximum Gasteiger partial charge on any atom is 0.223 e. The van der Waals surface area contributed by atoms with Crippen LogP contribution in [0.4, 0.5) is 11.4 Å². The first kappa shape index (κ1) is 45.8. The van der Waals surface area contributed by atoms with E-state index in [1.165, 1.54) is 0 Å². The maximum absolute atomic E-state index is 6.36. The number of rotatable bonds is 21. The summed E-state index contributed by atoms with van der Waals surface area (Å²) < 4.78 is 0. The Morgan fingerprint density at radius 3 is 1.14 bits per heavy atom. The molecule has 0 radical (unpaired) electrons. The molecule has 6 N–H and O–H groups in total. The van der Waals surface area contributed by atoms with E-state index in [0.717, 1.165) is 115 Å². The minimum absolute atomic E-state index is 0. The van der Waals surface area contributed by atoms with Gasteiger partial charge in [0.1, 0.15) is 0 Å². The van der Waals surface area contributed by atoms with Gasteiger partial charge in [0.15, 0.2) is 0 Å². The fourth-order valence-corrected chi connectivity index (χ4v) is 5.25. The van der Waals surface area contributed by atoms with E-state index in [2.05, 4.69) is 48.1 Å². The summed E-state index contributed by atoms with van der Waals surface area (Å²) >= 11 is 12.1. The molecule has 0 fully saturated rings. The molecule has 0 aliphatic heterocycles. The van der Waals surface area contributed by atoms with E-state index in [-0.39, 0.29) is 12.4 Å². The lowest BCUT2D eigenvalue weighted by molar-refractivity contribution is 0.392. The topological polar surface area (TPSA) is 132 Å². The van der Waals surface area contributed by atoms with Gasteiger partial charge >= 0.3 is 0 Å². The summed E-state index contributed by atoms with van der Waals surface area (Å²) in [6.07, 6.45) is 12.7. The summed E-state index contributed by atoms with van der Waals surface area (Å²) in [6, 6.07) is 14.8. The number of halogens is 3. The number of anilines is 2. The standard InChI is InChI=1S/C38H62Cl2N10.ClH/c1-5-9-27-49(28-10-6-2)37(47-35(41)45-33-21-17-31(39)18-22-33)43-25-15-13-14-16-26-44-38(50(29-11-7-3)30-12-8-4)48-36(42)46-34-23-19-32(40)20-24-34;/h17-24H,5-16,25-30H2,1-4H3,(H3,41,43,45,47)(H3,42,44,46,48);1H. The van der Waals surface area contributed by atoms with Crippen LogP contribution in [0.5, 0.6) is 0 Å². The van der Waals surface area contributed by atoms with Gasteiger partial charge in [0.2, 0.25) is 23.8 Å². The number of hydrogen-bond donors (Lipinski definition) is 4. The SMILES string of the molecule is CCCCN(CCCC)C(=NCCCCCCN=C(/N=C(/N)Nc1ccc(Cl)cc1)N(CCCC)CCCC)/N=C(/N)Nc1ccc(Cl)cc1.Cl. The third-order valence-electron chi connectivity index (χ3n) is 7.94. The van der Waals surface area contributed by atoms with Crippen LogP contribution in [-0.2, 0) is 0 Å². The van der Waals surface area contributed by atoms with Crippen LogP contribution in [0, 0.1) is 0 Å². The highest BCUT2D eigenvalue weighted by atomic mass is 35.5. The Morgan fingerprint density at radius 2 is 0.843 bits per heavy atom. The zero-order valence-electron chi connectivity index (χ0n) is 31.3. The molecule has 0 aliphatic rings. The predicted octanol–water partition coefficient (Wildman–Crippen LogP) is 9.65. The lowest BCUT2D eigenvalue weighted by Crippen LogP contribution is -2.35. The Kier molecular flexibility index (Phi) is 25.5. The number of aliphatic imine (C=N–C) groups is 4. The molecule has 0 amide bonds. The molecule has 0 heterocycles. The minimum Gasteiger partial charge on any atom is -0.369 e. The van der Waals surface area contributed by atoms with E-state index in [4.69, 9.17) is 54.6 Å². The van der Waals surface area contributed by atoms with E-state index < -0.39 is 0 Å². The average molecular weight is 766 g/mol. The quantitative estimate of drug-likeness (QED) is 0.0569. The van der Waals surface area contributed by atoms with E-state index >= 15 is 0 Å². The molecular weight excluding hydrogens is 703 g/mol. The molecule has 2 rings (SSSR count). The number of hydrogen-bond acceptors (Lipinski definition) is 2. The summed E-state index contributed by atoms with van der Waals surface area (Å²) in [5.41, 5.74) is 14.4. The number of benzene rings is 2. The molecule has 0 aliphatic carbocycles. The largest absolute Gasteiger partial charge is 0.369 e. The zero-order chi connectivity index (χ0) is 36.4.